The minimum Gasteiger partial charge on any atom is -0.398 e. The first-order chi connectivity index (χ1) is 9.49. The van der Waals surface area contributed by atoms with Crippen LogP contribution in [-0.4, -0.2) is 5.91 Å². The fourth-order valence-corrected chi connectivity index (χ4v) is 2.35. The largest absolute Gasteiger partial charge is 0.398 e. The van der Waals surface area contributed by atoms with E-state index >= 15 is 0 Å². The number of benzene rings is 2. The summed E-state index contributed by atoms with van der Waals surface area (Å²) in [5.41, 5.74) is 8.88. The smallest absolute Gasteiger partial charge is 0.253 e. The summed E-state index contributed by atoms with van der Waals surface area (Å²) >= 11 is 5.83. The van der Waals surface area contributed by atoms with Crippen molar-refractivity contribution in [1.29, 1.82) is 0 Å². The number of nitrogens with one attached hydrogen (secondary N) is 1. The van der Waals surface area contributed by atoms with Crippen LogP contribution in [0, 0.1) is 6.92 Å². The molecule has 2 rings (SSSR count). The van der Waals surface area contributed by atoms with Crippen molar-refractivity contribution >= 4 is 23.2 Å². The molecule has 0 aliphatic heterocycles. The van der Waals surface area contributed by atoms with Gasteiger partial charge in [-0.1, -0.05) is 35.9 Å². The van der Waals surface area contributed by atoms with Gasteiger partial charge in [0.25, 0.3) is 5.91 Å². The van der Waals surface area contributed by atoms with Gasteiger partial charge in [-0.05, 0) is 43.2 Å². The second kappa shape index (κ2) is 5.97. The zero-order valence-electron chi connectivity index (χ0n) is 11.5. The Morgan fingerprint density at radius 1 is 1.25 bits per heavy atom. The quantitative estimate of drug-likeness (QED) is 0.846. The normalized spacial score (nSPS) is 11.9. The van der Waals surface area contributed by atoms with E-state index in [4.69, 9.17) is 17.3 Å². The van der Waals surface area contributed by atoms with Gasteiger partial charge in [-0.2, -0.15) is 0 Å². The first-order valence-corrected chi connectivity index (χ1v) is 6.78. The van der Waals surface area contributed by atoms with Crippen LogP contribution >= 0.6 is 11.6 Å². The van der Waals surface area contributed by atoms with Crippen molar-refractivity contribution in [1.82, 2.24) is 5.32 Å². The number of aryl methyl sites for hydroxylation is 1. The average Bonchev–Trinajstić information content (AvgIpc) is 2.38. The number of carbonyl (C=O) groups is 1. The Balaban J connectivity index is 2.17. The van der Waals surface area contributed by atoms with E-state index in [1.165, 1.54) is 0 Å². The van der Waals surface area contributed by atoms with Crippen molar-refractivity contribution in [2.45, 2.75) is 19.9 Å². The van der Waals surface area contributed by atoms with Crippen LogP contribution < -0.4 is 11.1 Å². The Bertz CT molecular complexity index is 640. The predicted molar refractivity (Wildman–Crippen MR) is 82.9 cm³/mol. The van der Waals surface area contributed by atoms with Crippen LogP contribution in [0.25, 0.3) is 0 Å². The molecule has 0 aromatic heterocycles. The molecule has 0 radical (unpaired) electrons. The first kappa shape index (κ1) is 14.4. The second-order valence-corrected chi connectivity index (χ2v) is 5.22. The topological polar surface area (TPSA) is 55.1 Å². The number of nitrogens with two attached hydrogens (primary N) is 1. The molecule has 0 aliphatic carbocycles. The Morgan fingerprint density at radius 3 is 2.60 bits per heavy atom. The Morgan fingerprint density at radius 2 is 1.95 bits per heavy atom. The van der Waals surface area contributed by atoms with Crippen molar-refractivity contribution in [3.63, 3.8) is 0 Å². The van der Waals surface area contributed by atoms with Gasteiger partial charge in [-0.15, -0.1) is 0 Å². The number of hydrogen-bond acceptors (Lipinski definition) is 2. The molecule has 104 valence electrons. The maximum Gasteiger partial charge on any atom is 0.253 e. The van der Waals surface area contributed by atoms with Crippen molar-refractivity contribution in [2.75, 3.05) is 5.73 Å². The van der Waals surface area contributed by atoms with Crippen molar-refractivity contribution in [3.05, 3.63) is 64.2 Å². The van der Waals surface area contributed by atoms with Crippen LogP contribution in [0.5, 0.6) is 0 Å². The monoisotopic (exact) mass is 288 g/mol. The molecule has 0 bridgehead atoms. The molecule has 3 nitrogen and oxygen atoms in total. The van der Waals surface area contributed by atoms with E-state index in [1.807, 2.05) is 38.1 Å². The van der Waals surface area contributed by atoms with Crippen LogP contribution in [-0.2, 0) is 0 Å². The lowest BCUT2D eigenvalue weighted by Crippen LogP contribution is -2.27. The molecule has 0 saturated heterocycles. The fraction of sp³-hybridized carbons (Fsp3) is 0.188. The van der Waals surface area contributed by atoms with Gasteiger partial charge in [0.1, 0.15) is 0 Å². The maximum absolute atomic E-state index is 12.2. The van der Waals surface area contributed by atoms with E-state index in [2.05, 4.69) is 5.32 Å². The van der Waals surface area contributed by atoms with Gasteiger partial charge in [-0.25, -0.2) is 0 Å². The van der Waals surface area contributed by atoms with E-state index in [0.29, 0.717) is 16.3 Å². The van der Waals surface area contributed by atoms with Gasteiger partial charge in [-0.3, -0.25) is 4.79 Å². The lowest BCUT2D eigenvalue weighted by molar-refractivity contribution is 0.0940. The molecule has 0 heterocycles. The number of nitrogen functional groups attached to an aromatic ring is 1. The molecule has 0 spiro atoms. The molecule has 1 amide bonds. The summed E-state index contributed by atoms with van der Waals surface area (Å²) in [5.74, 6) is -0.199. The van der Waals surface area contributed by atoms with Gasteiger partial charge >= 0.3 is 0 Å². The van der Waals surface area contributed by atoms with Crippen LogP contribution in [0.15, 0.2) is 42.5 Å². The summed E-state index contributed by atoms with van der Waals surface area (Å²) in [6.07, 6.45) is 0. The number of hydrogen-bond donors (Lipinski definition) is 2. The molecule has 2 aromatic carbocycles. The van der Waals surface area contributed by atoms with Crippen molar-refractivity contribution < 1.29 is 4.79 Å². The molecular formula is C16H17ClN2O. The molecule has 0 unspecified atom stereocenters. The molecular weight excluding hydrogens is 272 g/mol. The molecule has 4 heteroatoms. The molecule has 0 aliphatic rings. The number of anilines is 1. The highest BCUT2D eigenvalue weighted by atomic mass is 35.5. The van der Waals surface area contributed by atoms with Crippen molar-refractivity contribution in [2.24, 2.45) is 0 Å². The molecule has 20 heavy (non-hydrogen) atoms. The maximum atomic E-state index is 12.2. The lowest BCUT2D eigenvalue weighted by Gasteiger charge is -2.17. The van der Waals surface area contributed by atoms with E-state index < -0.39 is 0 Å². The SMILES string of the molecule is Cc1ccccc1[C@H](C)NC(=O)c1ccc(Cl)cc1N. The summed E-state index contributed by atoms with van der Waals surface area (Å²) in [5, 5.41) is 3.47. The van der Waals surface area contributed by atoms with E-state index in [1.54, 1.807) is 18.2 Å². The third-order valence-electron chi connectivity index (χ3n) is 3.26. The lowest BCUT2D eigenvalue weighted by atomic mass is 10.0. The Hall–Kier alpha value is -2.00. The van der Waals surface area contributed by atoms with Crippen LogP contribution in [0.3, 0.4) is 0 Å². The first-order valence-electron chi connectivity index (χ1n) is 6.40. The number of carbonyl (C=O) groups excluding carboxylic acids is 1. The standard InChI is InChI=1S/C16H17ClN2O/c1-10-5-3-4-6-13(10)11(2)19-16(20)14-8-7-12(17)9-15(14)18/h3-9,11H,18H2,1-2H3,(H,19,20)/t11-/m0/s1. The minimum atomic E-state index is -0.199. The average molecular weight is 289 g/mol. The van der Waals surface area contributed by atoms with E-state index in [0.717, 1.165) is 11.1 Å². The fourth-order valence-electron chi connectivity index (χ4n) is 2.17. The van der Waals surface area contributed by atoms with Crippen LogP contribution in [0.4, 0.5) is 5.69 Å². The summed E-state index contributed by atoms with van der Waals surface area (Å²) < 4.78 is 0. The van der Waals surface area contributed by atoms with Crippen molar-refractivity contribution in [3.8, 4) is 0 Å². The third-order valence-corrected chi connectivity index (χ3v) is 3.50. The highest BCUT2D eigenvalue weighted by Gasteiger charge is 2.15. The molecule has 0 fully saturated rings. The Kier molecular flexibility index (Phi) is 4.30. The second-order valence-electron chi connectivity index (χ2n) is 4.78. The number of halogens is 1. The minimum absolute atomic E-state index is 0.0845. The molecule has 0 saturated carbocycles. The zero-order chi connectivity index (χ0) is 14.7. The van der Waals surface area contributed by atoms with Gasteiger partial charge in [0.2, 0.25) is 0 Å². The molecule has 2 aromatic rings. The zero-order valence-corrected chi connectivity index (χ0v) is 12.2. The number of amides is 1. The third kappa shape index (κ3) is 3.11. The van der Waals surface area contributed by atoms with Crippen LogP contribution in [0.1, 0.15) is 34.5 Å². The molecule has 3 N–H and O–H groups in total. The van der Waals surface area contributed by atoms with Gasteiger partial charge in [0.05, 0.1) is 11.6 Å². The predicted octanol–water partition coefficient (Wildman–Crippen LogP) is 3.72. The summed E-state index contributed by atoms with van der Waals surface area (Å²) in [4.78, 5) is 12.2. The highest BCUT2D eigenvalue weighted by molar-refractivity contribution is 6.31. The van der Waals surface area contributed by atoms with Gasteiger partial charge in [0.15, 0.2) is 0 Å². The van der Waals surface area contributed by atoms with Gasteiger partial charge < -0.3 is 11.1 Å². The highest BCUT2D eigenvalue weighted by Crippen LogP contribution is 2.20. The molecule has 1 atom stereocenters. The van der Waals surface area contributed by atoms with E-state index in [9.17, 15) is 4.79 Å². The summed E-state index contributed by atoms with van der Waals surface area (Å²) in [6, 6.07) is 12.8. The van der Waals surface area contributed by atoms with Gasteiger partial charge in [0, 0.05) is 10.7 Å². The van der Waals surface area contributed by atoms with E-state index in [-0.39, 0.29) is 11.9 Å². The summed E-state index contributed by atoms with van der Waals surface area (Å²) in [7, 11) is 0. The Labute approximate surface area is 123 Å². The van der Waals surface area contributed by atoms with Crippen LogP contribution in [0.2, 0.25) is 5.02 Å². The summed E-state index contributed by atoms with van der Waals surface area (Å²) in [6.45, 7) is 3.97. The number of rotatable bonds is 3.